The van der Waals surface area contributed by atoms with Crippen molar-refractivity contribution in [1.82, 2.24) is 0 Å². The number of carbonyl (C=O) groups excluding carboxylic acids is 1. The molecular weight excluding hydrogens is 250 g/mol. The molecule has 0 saturated carbocycles. The molecular formula is C13H15NO5. The predicted molar refractivity (Wildman–Crippen MR) is 67.5 cm³/mol. The van der Waals surface area contributed by atoms with E-state index in [1.54, 1.807) is 0 Å². The largest absolute Gasteiger partial charge is 0.484 e. The highest BCUT2D eigenvalue weighted by molar-refractivity contribution is 5.76. The van der Waals surface area contributed by atoms with E-state index in [-0.39, 0.29) is 30.3 Å². The molecule has 6 heteroatoms. The molecule has 0 aromatic heterocycles. The van der Waals surface area contributed by atoms with Gasteiger partial charge in [0, 0.05) is 11.6 Å². The fraction of sp³-hybridized carbons (Fsp3) is 0.462. The lowest BCUT2D eigenvalue weighted by atomic mass is 10.2. The summed E-state index contributed by atoms with van der Waals surface area (Å²) < 4.78 is 11.0. The maximum absolute atomic E-state index is 10.9. The van der Waals surface area contributed by atoms with Crippen molar-refractivity contribution < 1.29 is 19.2 Å². The molecule has 1 aromatic carbocycles. The normalized spacial score (nSPS) is 22.2. The Balaban J connectivity index is 2.09. The topological polar surface area (TPSA) is 78.7 Å². The van der Waals surface area contributed by atoms with E-state index in [1.807, 2.05) is 6.92 Å². The van der Waals surface area contributed by atoms with Gasteiger partial charge >= 0.3 is 5.69 Å². The molecule has 1 aliphatic rings. The van der Waals surface area contributed by atoms with Crippen LogP contribution >= 0.6 is 0 Å². The van der Waals surface area contributed by atoms with Crippen molar-refractivity contribution in [3.63, 3.8) is 0 Å². The van der Waals surface area contributed by atoms with Crippen LogP contribution < -0.4 is 4.74 Å². The van der Waals surface area contributed by atoms with Crippen LogP contribution in [-0.2, 0) is 4.74 Å². The van der Waals surface area contributed by atoms with Gasteiger partial charge in [-0.15, -0.1) is 0 Å². The fourth-order valence-corrected chi connectivity index (χ4v) is 2.06. The molecule has 1 heterocycles. The van der Waals surface area contributed by atoms with Gasteiger partial charge in [-0.25, -0.2) is 0 Å². The van der Waals surface area contributed by atoms with Gasteiger partial charge in [0.25, 0.3) is 0 Å². The number of hydrogen-bond donors (Lipinski definition) is 0. The Labute approximate surface area is 110 Å². The number of nitro groups is 1. The molecule has 2 atom stereocenters. The average Bonchev–Trinajstić information content (AvgIpc) is 2.81. The quantitative estimate of drug-likeness (QED) is 0.464. The van der Waals surface area contributed by atoms with E-state index < -0.39 is 4.92 Å². The number of carbonyl (C=O) groups is 1. The fourth-order valence-electron chi connectivity index (χ4n) is 2.06. The summed E-state index contributed by atoms with van der Waals surface area (Å²) in [6.07, 6.45) is 2.62. The Kier molecular flexibility index (Phi) is 4.11. The number of rotatable bonds is 5. The Morgan fingerprint density at radius 2 is 2.32 bits per heavy atom. The monoisotopic (exact) mass is 265 g/mol. The molecule has 0 amide bonds. The summed E-state index contributed by atoms with van der Waals surface area (Å²) in [5, 5.41) is 10.9. The number of aldehydes is 1. The van der Waals surface area contributed by atoms with Crippen molar-refractivity contribution in [2.24, 2.45) is 0 Å². The lowest BCUT2D eigenvalue weighted by molar-refractivity contribution is -0.385. The maximum Gasteiger partial charge on any atom is 0.310 e. The highest BCUT2D eigenvalue weighted by Crippen LogP contribution is 2.29. The van der Waals surface area contributed by atoms with E-state index in [9.17, 15) is 14.9 Å². The first kappa shape index (κ1) is 13.5. The summed E-state index contributed by atoms with van der Waals surface area (Å²) in [5.74, 6) is 0.109. The van der Waals surface area contributed by atoms with Gasteiger partial charge < -0.3 is 9.47 Å². The van der Waals surface area contributed by atoms with Crippen LogP contribution in [0.3, 0.4) is 0 Å². The Hall–Kier alpha value is -1.95. The third-order valence-corrected chi connectivity index (χ3v) is 3.06. The minimum atomic E-state index is -0.526. The molecule has 1 aromatic rings. The predicted octanol–water partition coefficient (Wildman–Crippen LogP) is 2.35. The van der Waals surface area contributed by atoms with E-state index in [0.717, 1.165) is 12.8 Å². The summed E-state index contributed by atoms with van der Waals surface area (Å²) in [5.41, 5.74) is 0.206. The van der Waals surface area contributed by atoms with Gasteiger partial charge in [-0.2, -0.15) is 0 Å². The van der Waals surface area contributed by atoms with E-state index in [4.69, 9.17) is 9.47 Å². The van der Waals surface area contributed by atoms with Gasteiger partial charge in [0.1, 0.15) is 12.9 Å². The highest BCUT2D eigenvalue weighted by atomic mass is 16.6. The van der Waals surface area contributed by atoms with E-state index in [0.29, 0.717) is 11.8 Å². The summed E-state index contributed by atoms with van der Waals surface area (Å²) in [4.78, 5) is 21.0. The van der Waals surface area contributed by atoms with E-state index >= 15 is 0 Å². The molecule has 1 aliphatic heterocycles. The molecule has 102 valence electrons. The van der Waals surface area contributed by atoms with Gasteiger partial charge in [0.2, 0.25) is 0 Å². The second kappa shape index (κ2) is 5.79. The standard InChI is InChI=1S/C13H15NO5/c1-9-2-4-11(19-9)8-18-13-6-10(7-15)3-5-12(13)14(16)17/h3,5-7,9,11H,2,4,8H2,1H3. The van der Waals surface area contributed by atoms with Gasteiger partial charge in [-0.1, -0.05) is 0 Å². The minimum absolute atomic E-state index is 0.0468. The van der Waals surface area contributed by atoms with Gasteiger partial charge in [0.15, 0.2) is 5.75 Å². The van der Waals surface area contributed by atoms with Crippen molar-refractivity contribution in [2.45, 2.75) is 32.0 Å². The molecule has 0 spiro atoms. The molecule has 6 nitrogen and oxygen atoms in total. The van der Waals surface area contributed by atoms with Crippen LogP contribution in [-0.4, -0.2) is 30.0 Å². The van der Waals surface area contributed by atoms with Gasteiger partial charge in [0.05, 0.1) is 17.1 Å². The first-order valence-corrected chi connectivity index (χ1v) is 6.12. The summed E-state index contributed by atoms with van der Waals surface area (Å²) >= 11 is 0. The van der Waals surface area contributed by atoms with Crippen LogP contribution in [0, 0.1) is 10.1 Å². The van der Waals surface area contributed by atoms with Crippen molar-refractivity contribution >= 4 is 12.0 Å². The third-order valence-electron chi connectivity index (χ3n) is 3.06. The summed E-state index contributed by atoms with van der Waals surface area (Å²) in [6.45, 7) is 2.24. The third kappa shape index (κ3) is 3.29. The Morgan fingerprint density at radius 1 is 1.53 bits per heavy atom. The van der Waals surface area contributed by atoms with Crippen LogP contribution in [0.4, 0.5) is 5.69 Å². The van der Waals surface area contributed by atoms with E-state index in [2.05, 4.69) is 0 Å². The van der Waals surface area contributed by atoms with Crippen molar-refractivity contribution in [1.29, 1.82) is 0 Å². The zero-order valence-corrected chi connectivity index (χ0v) is 10.6. The minimum Gasteiger partial charge on any atom is -0.484 e. The van der Waals surface area contributed by atoms with Gasteiger partial charge in [-0.05, 0) is 31.9 Å². The second-order valence-corrected chi connectivity index (χ2v) is 4.56. The van der Waals surface area contributed by atoms with Crippen LogP contribution in [0.1, 0.15) is 30.1 Å². The lowest BCUT2D eigenvalue weighted by Crippen LogP contribution is -2.18. The first-order valence-electron chi connectivity index (χ1n) is 6.12. The zero-order chi connectivity index (χ0) is 13.8. The molecule has 0 aliphatic carbocycles. The average molecular weight is 265 g/mol. The number of nitrogens with zero attached hydrogens (tertiary/aromatic N) is 1. The Morgan fingerprint density at radius 3 is 2.89 bits per heavy atom. The van der Waals surface area contributed by atoms with Crippen LogP contribution in [0.25, 0.3) is 0 Å². The summed E-state index contributed by atoms with van der Waals surface area (Å²) in [6, 6.07) is 4.05. The Bertz CT molecular complexity index is 488. The molecule has 0 bridgehead atoms. The number of benzene rings is 1. The second-order valence-electron chi connectivity index (χ2n) is 4.56. The molecule has 2 rings (SSSR count). The molecule has 2 unspecified atom stereocenters. The number of nitro benzene ring substituents is 1. The smallest absolute Gasteiger partial charge is 0.310 e. The van der Waals surface area contributed by atoms with E-state index in [1.165, 1.54) is 18.2 Å². The number of ether oxygens (including phenoxy) is 2. The van der Waals surface area contributed by atoms with Crippen LogP contribution in [0.2, 0.25) is 0 Å². The first-order chi connectivity index (χ1) is 9.10. The van der Waals surface area contributed by atoms with Crippen LogP contribution in [0.15, 0.2) is 18.2 Å². The highest BCUT2D eigenvalue weighted by Gasteiger charge is 2.24. The van der Waals surface area contributed by atoms with Crippen molar-refractivity contribution in [2.75, 3.05) is 6.61 Å². The zero-order valence-electron chi connectivity index (χ0n) is 10.6. The van der Waals surface area contributed by atoms with Crippen LogP contribution in [0.5, 0.6) is 5.75 Å². The van der Waals surface area contributed by atoms with Crippen molar-refractivity contribution in [3.8, 4) is 5.75 Å². The maximum atomic E-state index is 10.9. The lowest BCUT2D eigenvalue weighted by Gasteiger charge is -2.13. The SMILES string of the molecule is CC1CCC(COc2cc(C=O)ccc2[N+](=O)[O-])O1. The van der Waals surface area contributed by atoms with Gasteiger partial charge in [-0.3, -0.25) is 14.9 Å². The number of hydrogen-bond acceptors (Lipinski definition) is 5. The molecule has 0 N–H and O–H groups in total. The molecule has 1 fully saturated rings. The summed E-state index contributed by atoms with van der Waals surface area (Å²) in [7, 11) is 0. The molecule has 0 radical (unpaired) electrons. The molecule has 19 heavy (non-hydrogen) atoms. The van der Waals surface area contributed by atoms with Crippen molar-refractivity contribution in [3.05, 3.63) is 33.9 Å². The molecule has 1 saturated heterocycles.